The fourth-order valence-corrected chi connectivity index (χ4v) is 1.80. The molecule has 2 amide bonds. The van der Waals surface area contributed by atoms with Crippen molar-refractivity contribution >= 4 is 11.7 Å². The van der Waals surface area contributed by atoms with E-state index in [1.165, 1.54) is 0 Å². The fraction of sp³-hybridized carbons (Fsp3) is 0.200. The number of aliphatic hydroxyl groups excluding tert-OH is 1. The van der Waals surface area contributed by atoms with Crippen LogP contribution in [0.25, 0.3) is 0 Å². The second-order valence-electron chi connectivity index (χ2n) is 4.50. The van der Waals surface area contributed by atoms with E-state index in [4.69, 9.17) is 0 Å². The average Bonchev–Trinajstić information content (AvgIpc) is 2.46. The van der Waals surface area contributed by atoms with E-state index in [2.05, 4.69) is 15.6 Å². The molecule has 104 valence electrons. The molecule has 0 saturated heterocycles. The zero-order valence-corrected chi connectivity index (χ0v) is 11.2. The monoisotopic (exact) mass is 271 g/mol. The molecule has 0 radical (unpaired) electrons. The van der Waals surface area contributed by atoms with Gasteiger partial charge in [-0.15, -0.1) is 0 Å². The molecule has 5 heteroatoms. The van der Waals surface area contributed by atoms with E-state index in [0.717, 1.165) is 11.1 Å². The second-order valence-corrected chi connectivity index (χ2v) is 4.50. The van der Waals surface area contributed by atoms with Crippen LogP contribution in [0.2, 0.25) is 0 Å². The summed E-state index contributed by atoms with van der Waals surface area (Å²) in [5.74, 6) is 0. The molecule has 3 N–H and O–H groups in total. The first-order chi connectivity index (χ1) is 9.65. The molecule has 2 rings (SSSR count). The topological polar surface area (TPSA) is 74.2 Å². The summed E-state index contributed by atoms with van der Waals surface area (Å²) in [5.41, 5.74) is 2.51. The number of hydrogen-bond donors (Lipinski definition) is 3. The Kier molecular flexibility index (Phi) is 4.68. The van der Waals surface area contributed by atoms with Gasteiger partial charge in [0, 0.05) is 24.6 Å². The molecular weight excluding hydrogens is 254 g/mol. The first-order valence-electron chi connectivity index (χ1n) is 6.34. The van der Waals surface area contributed by atoms with E-state index < -0.39 is 6.10 Å². The van der Waals surface area contributed by atoms with Crippen molar-refractivity contribution in [3.8, 4) is 0 Å². The average molecular weight is 271 g/mol. The van der Waals surface area contributed by atoms with Gasteiger partial charge >= 0.3 is 6.03 Å². The number of nitrogens with one attached hydrogen (secondary N) is 2. The van der Waals surface area contributed by atoms with Crippen LogP contribution in [0.4, 0.5) is 10.5 Å². The van der Waals surface area contributed by atoms with Crippen molar-refractivity contribution in [2.75, 3.05) is 11.9 Å². The number of rotatable bonds is 4. The highest BCUT2D eigenvalue weighted by atomic mass is 16.3. The number of pyridine rings is 1. The number of hydrogen-bond acceptors (Lipinski definition) is 3. The maximum atomic E-state index is 11.7. The molecule has 0 bridgehead atoms. The summed E-state index contributed by atoms with van der Waals surface area (Å²) in [6.07, 6.45) is 2.46. The number of nitrogens with zero attached hydrogens (tertiary/aromatic N) is 1. The number of carbonyl (C=O) groups excluding carboxylic acids is 1. The number of amides is 2. The van der Waals surface area contributed by atoms with E-state index >= 15 is 0 Å². The Morgan fingerprint density at radius 3 is 2.75 bits per heavy atom. The minimum Gasteiger partial charge on any atom is -0.387 e. The van der Waals surface area contributed by atoms with Gasteiger partial charge in [-0.1, -0.05) is 29.8 Å². The maximum absolute atomic E-state index is 11.7. The molecule has 20 heavy (non-hydrogen) atoms. The highest BCUT2D eigenvalue weighted by Crippen LogP contribution is 2.13. The lowest BCUT2D eigenvalue weighted by Gasteiger charge is -2.13. The number of aryl methyl sites for hydroxylation is 1. The van der Waals surface area contributed by atoms with Crippen LogP contribution in [0.1, 0.15) is 17.2 Å². The largest absolute Gasteiger partial charge is 0.387 e. The van der Waals surface area contributed by atoms with Crippen LogP contribution in [0.5, 0.6) is 0 Å². The molecule has 1 atom stereocenters. The number of benzene rings is 1. The molecule has 1 heterocycles. The smallest absolute Gasteiger partial charge is 0.319 e. The van der Waals surface area contributed by atoms with E-state index in [1.807, 2.05) is 31.2 Å². The molecule has 0 aliphatic rings. The predicted octanol–water partition coefficient (Wildman–Crippen LogP) is 2.25. The van der Waals surface area contributed by atoms with Gasteiger partial charge in [-0.2, -0.15) is 0 Å². The van der Waals surface area contributed by atoms with Crippen molar-refractivity contribution in [2.24, 2.45) is 0 Å². The summed E-state index contributed by atoms with van der Waals surface area (Å²) < 4.78 is 0. The van der Waals surface area contributed by atoms with Crippen molar-refractivity contribution in [3.05, 3.63) is 59.9 Å². The van der Waals surface area contributed by atoms with Crippen molar-refractivity contribution in [1.82, 2.24) is 10.3 Å². The number of urea groups is 1. The van der Waals surface area contributed by atoms with Gasteiger partial charge in [-0.3, -0.25) is 4.98 Å². The van der Waals surface area contributed by atoms with E-state index in [-0.39, 0.29) is 12.6 Å². The Balaban J connectivity index is 1.84. The minimum absolute atomic E-state index is 0.153. The molecule has 5 nitrogen and oxygen atoms in total. The number of anilines is 1. The van der Waals surface area contributed by atoms with Gasteiger partial charge in [0.1, 0.15) is 0 Å². The Bertz CT molecular complexity index is 572. The molecular formula is C15H17N3O2. The first-order valence-corrected chi connectivity index (χ1v) is 6.34. The quantitative estimate of drug-likeness (QED) is 0.798. The lowest BCUT2D eigenvalue weighted by molar-refractivity contribution is 0.175. The van der Waals surface area contributed by atoms with E-state index in [9.17, 15) is 9.90 Å². The van der Waals surface area contributed by atoms with Crippen LogP contribution in [-0.2, 0) is 0 Å². The highest BCUT2D eigenvalue weighted by Gasteiger charge is 2.09. The van der Waals surface area contributed by atoms with Gasteiger partial charge in [-0.25, -0.2) is 4.79 Å². The summed E-state index contributed by atoms with van der Waals surface area (Å²) >= 11 is 0. The SMILES string of the molecule is Cc1cccc(C(O)CNC(=O)Nc2ccncc2)c1. The lowest BCUT2D eigenvalue weighted by atomic mass is 10.1. The third kappa shape index (κ3) is 4.07. The second kappa shape index (κ2) is 6.68. The minimum atomic E-state index is -0.724. The van der Waals surface area contributed by atoms with Crippen LogP contribution in [-0.4, -0.2) is 22.7 Å². The molecule has 0 spiro atoms. The van der Waals surface area contributed by atoms with Crippen LogP contribution in [0.15, 0.2) is 48.8 Å². The van der Waals surface area contributed by atoms with Gasteiger partial charge < -0.3 is 15.7 Å². The van der Waals surface area contributed by atoms with Crippen molar-refractivity contribution < 1.29 is 9.90 Å². The molecule has 1 aromatic carbocycles. The van der Waals surface area contributed by atoms with Gasteiger partial charge in [0.25, 0.3) is 0 Å². The molecule has 0 aliphatic carbocycles. The van der Waals surface area contributed by atoms with Gasteiger partial charge in [0.15, 0.2) is 0 Å². The van der Waals surface area contributed by atoms with Gasteiger partial charge in [-0.05, 0) is 24.6 Å². The Labute approximate surface area is 117 Å². The van der Waals surface area contributed by atoms with E-state index in [0.29, 0.717) is 5.69 Å². The standard InChI is InChI=1S/C15H17N3O2/c1-11-3-2-4-12(9-11)14(19)10-17-15(20)18-13-5-7-16-8-6-13/h2-9,14,19H,10H2,1H3,(H2,16,17,18,20). The third-order valence-electron chi connectivity index (χ3n) is 2.82. The first kappa shape index (κ1) is 14.0. The van der Waals surface area contributed by atoms with Crippen molar-refractivity contribution in [1.29, 1.82) is 0 Å². The zero-order chi connectivity index (χ0) is 14.4. The van der Waals surface area contributed by atoms with E-state index in [1.54, 1.807) is 24.5 Å². The summed E-state index contributed by atoms with van der Waals surface area (Å²) in [6.45, 7) is 2.11. The Hall–Kier alpha value is -2.40. The maximum Gasteiger partial charge on any atom is 0.319 e. The summed E-state index contributed by atoms with van der Waals surface area (Å²) in [7, 11) is 0. The van der Waals surface area contributed by atoms with Gasteiger partial charge in [0.05, 0.1) is 6.10 Å². The van der Waals surface area contributed by atoms with Crippen LogP contribution < -0.4 is 10.6 Å². The summed E-state index contributed by atoms with van der Waals surface area (Å²) in [6, 6.07) is 10.6. The summed E-state index contributed by atoms with van der Waals surface area (Å²) in [5, 5.41) is 15.3. The molecule has 1 aromatic heterocycles. The molecule has 0 fully saturated rings. The highest BCUT2D eigenvalue weighted by molar-refractivity contribution is 5.89. The van der Waals surface area contributed by atoms with Crippen LogP contribution >= 0.6 is 0 Å². The number of aromatic nitrogens is 1. The molecule has 0 saturated carbocycles. The van der Waals surface area contributed by atoms with Crippen molar-refractivity contribution in [3.63, 3.8) is 0 Å². The summed E-state index contributed by atoms with van der Waals surface area (Å²) in [4.78, 5) is 15.5. The molecule has 1 unspecified atom stereocenters. The van der Waals surface area contributed by atoms with Crippen molar-refractivity contribution in [2.45, 2.75) is 13.0 Å². The number of aliphatic hydroxyl groups is 1. The lowest BCUT2D eigenvalue weighted by Crippen LogP contribution is -2.32. The third-order valence-corrected chi connectivity index (χ3v) is 2.82. The predicted molar refractivity (Wildman–Crippen MR) is 77.4 cm³/mol. The van der Waals surface area contributed by atoms with Gasteiger partial charge in [0.2, 0.25) is 0 Å². The normalized spacial score (nSPS) is 11.7. The molecule has 2 aromatic rings. The molecule has 0 aliphatic heterocycles. The van der Waals surface area contributed by atoms with Crippen LogP contribution in [0, 0.1) is 6.92 Å². The van der Waals surface area contributed by atoms with Crippen LogP contribution in [0.3, 0.4) is 0 Å². The Morgan fingerprint density at radius 1 is 1.30 bits per heavy atom. The fourth-order valence-electron chi connectivity index (χ4n) is 1.80. The Morgan fingerprint density at radius 2 is 2.05 bits per heavy atom. The zero-order valence-electron chi connectivity index (χ0n) is 11.2. The number of carbonyl (C=O) groups is 1.